The Kier molecular flexibility index (Phi) is 4.24. The fraction of sp³-hybridized carbons (Fsp3) is 0.533. The van der Waals surface area contributed by atoms with Crippen LogP contribution in [0.5, 0.6) is 0 Å². The Morgan fingerprint density at radius 2 is 2.14 bits per heavy atom. The van der Waals surface area contributed by atoms with Gasteiger partial charge in [0, 0.05) is 37.3 Å². The Hall–Kier alpha value is -2.15. The molecule has 7 nitrogen and oxygen atoms in total. The van der Waals surface area contributed by atoms with Crippen LogP contribution in [-0.4, -0.2) is 43.1 Å². The van der Waals surface area contributed by atoms with Crippen LogP contribution in [0.25, 0.3) is 0 Å². The maximum atomic E-state index is 12.2. The van der Waals surface area contributed by atoms with Gasteiger partial charge in [-0.3, -0.25) is 14.9 Å². The SMILES string of the molecule is O=C(NC1CCNC1)c1ccc(N2CCCC2)c([N+](=O)[O-])c1. The first kappa shape index (κ1) is 14.8. The van der Waals surface area contributed by atoms with Gasteiger partial charge in [-0.05, 0) is 37.9 Å². The van der Waals surface area contributed by atoms with Crippen LogP contribution >= 0.6 is 0 Å². The number of anilines is 1. The lowest BCUT2D eigenvalue weighted by molar-refractivity contribution is -0.384. The zero-order valence-electron chi connectivity index (χ0n) is 12.4. The first-order valence-corrected chi connectivity index (χ1v) is 7.70. The lowest BCUT2D eigenvalue weighted by Gasteiger charge is -2.18. The molecule has 0 spiro atoms. The Bertz CT molecular complexity index is 578. The van der Waals surface area contributed by atoms with Crippen molar-refractivity contribution in [2.75, 3.05) is 31.1 Å². The van der Waals surface area contributed by atoms with Crippen molar-refractivity contribution in [2.45, 2.75) is 25.3 Å². The summed E-state index contributed by atoms with van der Waals surface area (Å²) >= 11 is 0. The molecule has 2 fully saturated rings. The van der Waals surface area contributed by atoms with Gasteiger partial charge in [-0.2, -0.15) is 0 Å². The predicted molar refractivity (Wildman–Crippen MR) is 83.3 cm³/mol. The Morgan fingerprint density at radius 1 is 1.36 bits per heavy atom. The van der Waals surface area contributed by atoms with Gasteiger partial charge in [0.05, 0.1) is 4.92 Å². The molecule has 2 saturated heterocycles. The van der Waals surface area contributed by atoms with Gasteiger partial charge in [0.2, 0.25) is 0 Å². The van der Waals surface area contributed by atoms with Gasteiger partial charge in [-0.25, -0.2) is 0 Å². The Balaban J connectivity index is 1.81. The molecule has 1 aromatic carbocycles. The third-order valence-electron chi connectivity index (χ3n) is 4.28. The molecule has 118 valence electrons. The zero-order chi connectivity index (χ0) is 15.5. The molecule has 2 aliphatic rings. The van der Waals surface area contributed by atoms with Gasteiger partial charge in [0.15, 0.2) is 0 Å². The molecule has 1 atom stereocenters. The number of nitro benzene ring substituents is 1. The number of rotatable bonds is 4. The van der Waals surface area contributed by atoms with Gasteiger partial charge < -0.3 is 15.5 Å². The summed E-state index contributed by atoms with van der Waals surface area (Å²) in [7, 11) is 0. The van der Waals surface area contributed by atoms with Crippen LogP contribution in [-0.2, 0) is 0 Å². The predicted octanol–water partition coefficient (Wildman–Crippen LogP) is 1.29. The molecule has 0 aromatic heterocycles. The summed E-state index contributed by atoms with van der Waals surface area (Å²) in [6.07, 6.45) is 2.99. The fourth-order valence-electron chi connectivity index (χ4n) is 3.08. The maximum Gasteiger partial charge on any atom is 0.293 e. The van der Waals surface area contributed by atoms with Crippen LogP contribution in [0.3, 0.4) is 0 Å². The minimum Gasteiger partial charge on any atom is -0.366 e. The van der Waals surface area contributed by atoms with E-state index in [0.717, 1.165) is 45.4 Å². The number of nitro groups is 1. The molecule has 1 aromatic rings. The monoisotopic (exact) mass is 304 g/mol. The molecule has 7 heteroatoms. The third kappa shape index (κ3) is 3.04. The lowest BCUT2D eigenvalue weighted by atomic mass is 10.1. The van der Waals surface area contributed by atoms with E-state index in [2.05, 4.69) is 10.6 Å². The van der Waals surface area contributed by atoms with E-state index in [1.807, 2.05) is 4.90 Å². The van der Waals surface area contributed by atoms with Crippen molar-refractivity contribution in [3.05, 3.63) is 33.9 Å². The number of carbonyl (C=O) groups excluding carboxylic acids is 1. The highest BCUT2D eigenvalue weighted by molar-refractivity contribution is 5.96. The molecule has 3 rings (SSSR count). The van der Waals surface area contributed by atoms with Gasteiger partial charge in [-0.1, -0.05) is 0 Å². The van der Waals surface area contributed by atoms with Crippen LogP contribution in [0.2, 0.25) is 0 Å². The van der Waals surface area contributed by atoms with E-state index in [1.54, 1.807) is 12.1 Å². The van der Waals surface area contributed by atoms with Crippen molar-refractivity contribution in [1.29, 1.82) is 0 Å². The number of hydrogen-bond acceptors (Lipinski definition) is 5. The van der Waals surface area contributed by atoms with Crippen LogP contribution < -0.4 is 15.5 Å². The van der Waals surface area contributed by atoms with E-state index in [-0.39, 0.29) is 17.6 Å². The number of amides is 1. The average molecular weight is 304 g/mol. The van der Waals surface area contributed by atoms with E-state index < -0.39 is 4.92 Å². The highest BCUT2D eigenvalue weighted by Crippen LogP contribution is 2.31. The van der Waals surface area contributed by atoms with Crippen LogP contribution in [0, 0.1) is 10.1 Å². The normalized spacial score (nSPS) is 21.1. The quantitative estimate of drug-likeness (QED) is 0.646. The molecule has 1 unspecified atom stereocenters. The smallest absolute Gasteiger partial charge is 0.293 e. The van der Waals surface area contributed by atoms with Crippen molar-refractivity contribution in [3.8, 4) is 0 Å². The van der Waals surface area contributed by atoms with Crippen LogP contribution in [0.1, 0.15) is 29.6 Å². The molecule has 22 heavy (non-hydrogen) atoms. The maximum absolute atomic E-state index is 12.2. The molecule has 0 bridgehead atoms. The van der Waals surface area contributed by atoms with Gasteiger partial charge >= 0.3 is 0 Å². The molecule has 0 aliphatic carbocycles. The summed E-state index contributed by atoms with van der Waals surface area (Å²) in [6, 6.07) is 4.87. The molecule has 2 heterocycles. The topological polar surface area (TPSA) is 87.5 Å². The second-order valence-corrected chi connectivity index (χ2v) is 5.82. The third-order valence-corrected chi connectivity index (χ3v) is 4.28. The summed E-state index contributed by atoms with van der Waals surface area (Å²) in [5, 5.41) is 17.4. The van der Waals surface area contributed by atoms with Crippen molar-refractivity contribution in [3.63, 3.8) is 0 Å². The Labute approximate surface area is 128 Å². The van der Waals surface area contributed by atoms with E-state index >= 15 is 0 Å². The summed E-state index contributed by atoms with van der Waals surface area (Å²) in [6.45, 7) is 3.30. The molecular weight excluding hydrogens is 284 g/mol. The first-order chi connectivity index (χ1) is 10.6. The second kappa shape index (κ2) is 6.31. The lowest BCUT2D eigenvalue weighted by Crippen LogP contribution is -2.36. The summed E-state index contributed by atoms with van der Waals surface area (Å²) in [5.74, 6) is -0.246. The van der Waals surface area contributed by atoms with Crippen molar-refractivity contribution < 1.29 is 9.72 Å². The summed E-state index contributed by atoms with van der Waals surface area (Å²) in [5.41, 5.74) is 0.974. The molecule has 0 saturated carbocycles. The summed E-state index contributed by atoms with van der Waals surface area (Å²) < 4.78 is 0. The number of nitrogens with one attached hydrogen (secondary N) is 2. The van der Waals surface area contributed by atoms with Crippen LogP contribution in [0.15, 0.2) is 18.2 Å². The van der Waals surface area contributed by atoms with E-state index in [4.69, 9.17) is 0 Å². The molecule has 1 amide bonds. The highest BCUT2D eigenvalue weighted by Gasteiger charge is 2.25. The fourth-order valence-corrected chi connectivity index (χ4v) is 3.08. The highest BCUT2D eigenvalue weighted by atomic mass is 16.6. The van der Waals surface area contributed by atoms with Gasteiger partial charge in [-0.15, -0.1) is 0 Å². The minimum absolute atomic E-state index is 0.0131. The molecular formula is C15H20N4O3. The number of nitrogens with zero attached hydrogens (tertiary/aromatic N) is 2. The zero-order valence-corrected chi connectivity index (χ0v) is 12.4. The van der Waals surface area contributed by atoms with E-state index in [0.29, 0.717) is 11.3 Å². The van der Waals surface area contributed by atoms with E-state index in [9.17, 15) is 14.9 Å². The largest absolute Gasteiger partial charge is 0.366 e. The average Bonchev–Trinajstić information content (AvgIpc) is 3.19. The van der Waals surface area contributed by atoms with E-state index in [1.165, 1.54) is 6.07 Å². The number of benzene rings is 1. The minimum atomic E-state index is -0.401. The standard InChI is InChI=1S/C15H20N4O3/c20-15(17-12-5-6-16-10-12)11-3-4-13(14(9-11)19(21)22)18-7-1-2-8-18/h3-4,9,12,16H,1-2,5-8,10H2,(H,17,20). The van der Waals surface area contributed by atoms with Gasteiger partial charge in [0.25, 0.3) is 11.6 Å². The molecule has 2 N–H and O–H groups in total. The Morgan fingerprint density at radius 3 is 2.77 bits per heavy atom. The second-order valence-electron chi connectivity index (χ2n) is 5.82. The van der Waals surface area contributed by atoms with Crippen molar-refractivity contribution in [1.82, 2.24) is 10.6 Å². The van der Waals surface area contributed by atoms with Gasteiger partial charge in [0.1, 0.15) is 5.69 Å². The molecule has 0 radical (unpaired) electrons. The summed E-state index contributed by atoms with van der Waals surface area (Å²) in [4.78, 5) is 25.2. The van der Waals surface area contributed by atoms with Crippen molar-refractivity contribution >= 4 is 17.3 Å². The number of hydrogen-bond donors (Lipinski definition) is 2. The molecule has 2 aliphatic heterocycles. The first-order valence-electron chi connectivity index (χ1n) is 7.70. The van der Waals surface area contributed by atoms with Crippen molar-refractivity contribution in [2.24, 2.45) is 0 Å². The number of carbonyl (C=O) groups is 1. The van der Waals surface area contributed by atoms with Crippen LogP contribution in [0.4, 0.5) is 11.4 Å².